The van der Waals surface area contributed by atoms with Crippen LogP contribution in [0.3, 0.4) is 0 Å². The maximum absolute atomic E-state index is 4.52. The second kappa shape index (κ2) is 7.15. The summed E-state index contributed by atoms with van der Waals surface area (Å²) in [6, 6.07) is 0.645. The van der Waals surface area contributed by atoms with Crippen molar-refractivity contribution in [3.05, 3.63) is 0 Å². The van der Waals surface area contributed by atoms with Gasteiger partial charge in [-0.3, -0.25) is 4.99 Å². The Bertz CT molecular complexity index is 204. The molecular weight excluding hydrogens is 204 g/mol. The van der Waals surface area contributed by atoms with Crippen LogP contribution in [0.5, 0.6) is 0 Å². The van der Waals surface area contributed by atoms with E-state index in [1.165, 1.54) is 37.3 Å². The average molecular weight is 228 g/mol. The first-order chi connectivity index (χ1) is 7.26. The van der Waals surface area contributed by atoms with E-state index < -0.39 is 0 Å². The highest BCUT2D eigenvalue weighted by atomic mass is 32.2. The lowest BCUT2D eigenvalue weighted by Crippen LogP contribution is -2.32. The molecule has 3 heteroatoms. The number of hydrogen-bond acceptors (Lipinski definition) is 3. The van der Waals surface area contributed by atoms with E-state index in [0.717, 1.165) is 6.54 Å². The van der Waals surface area contributed by atoms with Crippen LogP contribution in [-0.4, -0.2) is 23.0 Å². The molecule has 0 saturated carbocycles. The second-order valence-electron chi connectivity index (χ2n) is 4.35. The summed E-state index contributed by atoms with van der Waals surface area (Å²) in [6.07, 6.45) is 6.43. The maximum atomic E-state index is 4.52. The van der Waals surface area contributed by atoms with Gasteiger partial charge >= 0.3 is 0 Å². The molecule has 0 amide bonds. The topological polar surface area (TPSA) is 24.4 Å². The zero-order valence-electron chi connectivity index (χ0n) is 10.3. The van der Waals surface area contributed by atoms with E-state index in [9.17, 15) is 0 Å². The summed E-state index contributed by atoms with van der Waals surface area (Å²) < 4.78 is 0. The molecule has 15 heavy (non-hydrogen) atoms. The van der Waals surface area contributed by atoms with Gasteiger partial charge in [0.25, 0.3) is 0 Å². The third kappa shape index (κ3) is 4.92. The van der Waals surface area contributed by atoms with E-state index in [4.69, 9.17) is 0 Å². The molecule has 0 radical (unpaired) electrons. The molecule has 1 aliphatic heterocycles. The predicted molar refractivity (Wildman–Crippen MR) is 70.7 cm³/mol. The number of nitrogens with one attached hydrogen (secondary N) is 1. The van der Waals surface area contributed by atoms with Crippen LogP contribution in [0.25, 0.3) is 0 Å². The summed E-state index contributed by atoms with van der Waals surface area (Å²) in [6.45, 7) is 7.74. The van der Waals surface area contributed by atoms with Gasteiger partial charge in [0.1, 0.15) is 0 Å². The summed E-state index contributed by atoms with van der Waals surface area (Å²) in [4.78, 5) is 4.52. The quantitative estimate of drug-likeness (QED) is 0.753. The minimum absolute atomic E-state index is 0.645. The minimum Gasteiger partial charge on any atom is -0.362 e. The average Bonchev–Trinajstić information content (AvgIpc) is 2.61. The SMILES string of the molecule is CCCCC(CCC)NC1=NCC(C)S1. The third-order valence-corrected chi connectivity index (χ3v) is 3.70. The fourth-order valence-electron chi connectivity index (χ4n) is 1.82. The summed E-state index contributed by atoms with van der Waals surface area (Å²) in [5, 5.41) is 5.44. The van der Waals surface area contributed by atoms with Gasteiger partial charge in [0.15, 0.2) is 5.17 Å². The van der Waals surface area contributed by atoms with Crippen molar-refractivity contribution in [3.63, 3.8) is 0 Å². The van der Waals surface area contributed by atoms with Gasteiger partial charge in [0.05, 0.1) is 6.54 Å². The molecule has 0 saturated heterocycles. The molecule has 0 spiro atoms. The van der Waals surface area contributed by atoms with Gasteiger partial charge in [0, 0.05) is 11.3 Å². The second-order valence-corrected chi connectivity index (χ2v) is 5.77. The Labute approximate surface area is 98.3 Å². The van der Waals surface area contributed by atoms with Gasteiger partial charge < -0.3 is 5.32 Å². The highest BCUT2D eigenvalue weighted by molar-refractivity contribution is 8.14. The van der Waals surface area contributed by atoms with Crippen LogP contribution in [-0.2, 0) is 0 Å². The van der Waals surface area contributed by atoms with Gasteiger partial charge in [0.2, 0.25) is 0 Å². The molecule has 1 rings (SSSR count). The van der Waals surface area contributed by atoms with E-state index in [0.29, 0.717) is 11.3 Å². The van der Waals surface area contributed by atoms with E-state index in [2.05, 4.69) is 31.1 Å². The summed E-state index contributed by atoms with van der Waals surface area (Å²) in [5.41, 5.74) is 0. The molecule has 2 nitrogen and oxygen atoms in total. The fourth-order valence-corrected chi connectivity index (χ4v) is 2.73. The number of rotatable bonds is 6. The predicted octanol–water partition coefficient (Wildman–Crippen LogP) is 3.43. The Hall–Kier alpha value is -0.180. The van der Waals surface area contributed by atoms with Crippen molar-refractivity contribution in [2.75, 3.05) is 6.54 Å². The van der Waals surface area contributed by atoms with Crippen LogP contribution in [0.15, 0.2) is 4.99 Å². The lowest BCUT2D eigenvalue weighted by atomic mass is 10.1. The molecular formula is C12H24N2S. The Kier molecular flexibility index (Phi) is 6.15. The van der Waals surface area contributed by atoms with Crippen LogP contribution in [0.1, 0.15) is 52.9 Å². The highest BCUT2D eigenvalue weighted by Crippen LogP contribution is 2.20. The zero-order chi connectivity index (χ0) is 11.1. The molecule has 0 aromatic heterocycles. The summed E-state index contributed by atoms with van der Waals surface area (Å²) in [7, 11) is 0. The van der Waals surface area contributed by atoms with Crippen LogP contribution >= 0.6 is 11.8 Å². The first-order valence-electron chi connectivity index (χ1n) is 6.23. The van der Waals surface area contributed by atoms with Crippen molar-refractivity contribution < 1.29 is 0 Å². The molecule has 0 fully saturated rings. The molecule has 1 aliphatic rings. The lowest BCUT2D eigenvalue weighted by molar-refractivity contribution is 0.497. The van der Waals surface area contributed by atoms with Crippen molar-refractivity contribution in [2.45, 2.75) is 64.2 Å². The first kappa shape index (κ1) is 12.9. The number of hydrogen-bond donors (Lipinski definition) is 1. The molecule has 2 atom stereocenters. The van der Waals surface area contributed by atoms with E-state index in [1.54, 1.807) is 0 Å². The van der Waals surface area contributed by atoms with Crippen LogP contribution < -0.4 is 5.32 Å². The standard InChI is InChI=1S/C12H24N2S/c1-4-6-8-11(7-5-2)14-12-13-9-10(3)15-12/h10-11H,4-9H2,1-3H3,(H,13,14). The van der Waals surface area contributed by atoms with Crippen molar-refractivity contribution in [1.29, 1.82) is 0 Å². The Morgan fingerprint density at radius 3 is 2.73 bits per heavy atom. The van der Waals surface area contributed by atoms with Crippen molar-refractivity contribution in [2.24, 2.45) is 4.99 Å². The van der Waals surface area contributed by atoms with Gasteiger partial charge in [-0.25, -0.2) is 0 Å². The molecule has 1 heterocycles. The van der Waals surface area contributed by atoms with E-state index >= 15 is 0 Å². The highest BCUT2D eigenvalue weighted by Gasteiger charge is 2.17. The monoisotopic (exact) mass is 228 g/mol. The number of nitrogens with zero attached hydrogens (tertiary/aromatic N) is 1. The molecule has 0 aromatic rings. The molecule has 0 bridgehead atoms. The smallest absolute Gasteiger partial charge is 0.157 e. The zero-order valence-corrected chi connectivity index (χ0v) is 11.1. The molecule has 88 valence electrons. The van der Waals surface area contributed by atoms with Gasteiger partial charge in [-0.15, -0.1) is 0 Å². The molecule has 0 aliphatic carbocycles. The van der Waals surface area contributed by atoms with Crippen molar-refractivity contribution in [1.82, 2.24) is 5.32 Å². The molecule has 0 aromatic carbocycles. The van der Waals surface area contributed by atoms with E-state index in [1.807, 2.05) is 11.8 Å². The van der Waals surface area contributed by atoms with E-state index in [-0.39, 0.29) is 0 Å². The van der Waals surface area contributed by atoms with Gasteiger partial charge in [-0.2, -0.15) is 0 Å². The van der Waals surface area contributed by atoms with Crippen LogP contribution in [0, 0.1) is 0 Å². The Balaban J connectivity index is 2.30. The van der Waals surface area contributed by atoms with Crippen LogP contribution in [0.4, 0.5) is 0 Å². The minimum atomic E-state index is 0.645. The fraction of sp³-hybridized carbons (Fsp3) is 0.917. The number of amidine groups is 1. The summed E-state index contributed by atoms with van der Waals surface area (Å²) in [5.74, 6) is 0. The van der Waals surface area contributed by atoms with Crippen LogP contribution in [0.2, 0.25) is 0 Å². The molecule has 2 unspecified atom stereocenters. The van der Waals surface area contributed by atoms with Crippen molar-refractivity contribution >= 4 is 16.9 Å². The first-order valence-corrected chi connectivity index (χ1v) is 7.11. The normalized spacial score (nSPS) is 22.6. The van der Waals surface area contributed by atoms with Crippen molar-refractivity contribution in [3.8, 4) is 0 Å². The Morgan fingerprint density at radius 2 is 2.20 bits per heavy atom. The lowest BCUT2D eigenvalue weighted by Gasteiger charge is -2.18. The maximum Gasteiger partial charge on any atom is 0.157 e. The number of aliphatic imine (C=N–C) groups is 1. The Morgan fingerprint density at radius 1 is 1.40 bits per heavy atom. The summed E-state index contributed by atoms with van der Waals surface area (Å²) >= 11 is 1.89. The number of thioether (sulfide) groups is 1. The van der Waals surface area contributed by atoms with Gasteiger partial charge in [-0.05, 0) is 12.8 Å². The molecule has 1 N–H and O–H groups in total. The van der Waals surface area contributed by atoms with Gasteiger partial charge in [-0.1, -0.05) is 51.8 Å². The third-order valence-electron chi connectivity index (χ3n) is 2.68. The largest absolute Gasteiger partial charge is 0.362 e. The number of unbranched alkanes of at least 4 members (excludes halogenated alkanes) is 1.